The van der Waals surface area contributed by atoms with Crippen LogP contribution in [0.25, 0.3) is 0 Å². The highest BCUT2D eigenvalue weighted by Crippen LogP contribution is 2.06. The minimum Gasteiger partial charge on any atom is -0.366 e. The van der Waals surface area contributed by atoms with Crippen LogP contribution in [0.15, 0.2) is 54.9 Å². The Labute approximate surface area is 103 Å². The fourth-order valence-corrected chi connectivity index (χ4v) is 1.06. The number of nitrogens with two attached hydrogens (primary N) is 1. The number of non-ortho nitro benzene ring substituents is 1. The fraction of sp³-hybridized carbons (Fsp3) is 0. The van der Waals surface area contributed by atoms with Gasteiger partial charge in [-0.1, -0.05) is 18.2 Å². The van der Waals surface area contributed by atoms with Crippen molar-refractivity contribution in [2.75, 3.05) is 0 Å². The summed E-state index contributed by atoms with van der Waals surface area (Å²) < 4.78 is 0. The molecule has 0 aliphatic carbocycles. The van der Waals surface area contributed by atoms with Gasteiger partial charge in [-0.15, -0.1) is 0 Å². The van der Waals surface area contributed by atoms with E-state index in [4.69, 9.17) is 5.73 Å². The summed E-state index contributed by atoms with van der Waals surface area (Å²) in [6.45, 7) is 0. The molecule has 0 spiro atoms. The van der Waals surface area contributed by atoms with E-state index in [0.29, 0.717) is 5.56 Å². The van der Waals surface area contributed by atoms with Crippen LogP contribution in [-0.4, -0.2) is 15.8 Å². The summed E-state index contributed by atoms with van der Waals surface area (Å²) in [4.78, 5) is 23.7. The lowest BCUT2D eigenvalue weighted by molar-refractivity contribution is -0.384. The first-order valence-corrected chi connectivity index (χ1v) is 5.00. The highest BCUT2D eigenvalue weighted by molar-refractivity contribution is 5.92. The standard InChI is InChI=1S/C6H6N2O.C6H5NO2/c7-6(9)5-2-1-3-8-4-5;8-7(9)6-4-2-1-3-5-6/h1-4H,(H2,7,9);1-5H. The number of amides is 1. The largest absolute Gasteiger partial charge is 0.366 e. The molecule has 0 fully saturated rings. The van der Waals surface area contributed by atoms with Gasteiger partial charge in [0.25, 0.3) is 5.69 Å². The van der Waals surface area contributed by atoms with E-state index < -0.39 is 10.8 Å². The number of carbonyl (C=O) groups is 1. The third kappa shape index (κ3) is 4.40. The number of pyridine rings is 1. The van der Waals surface area contributed by atoms with Crippen LogP contribution in [0.1, 0.15) is 10.4 Å². The van der Waals surface area contributed by atoms with Gasteiger partial charge in [-0.05, 0) is 12.1 Å². The van der Waals surface area contributed by atoms with Crippen LogP contribution >= 0.6 is 0 Å². The van der Waals surface area contributed by atoms with E-state index in [9.17, 15) is 14.9 Å². The summed E-state index contributed by atoms with van der Waals surface area (Å²) in [7, 11) is 0. The Balaban J connectivity index is 0.000000180. The van der Waals surface area contributed by atoms with Crippen molar-refractivity contribution in [1.82, 2.24) is 4.98 Å². The molecule has 6 heteroatoms. The Hall–Kier alpha value is -2.76. The zero-order valence-electron chi connectivity index (χ0n) is 9.39. The molecule has 0 unspecified atom stereocenters. The quantitative estimate of drug-likeness (QED) is 0.643. The van der Waals surface area contributed by atoms with Gasteiger partial charge >= 0.3 is 0 Å². The summed E-state index contributed by atoms with van der Waals surface area (Å²) in [6, 6.07) is 11.2. The number of nitrogens with zero attached hydrogens (tertiary/aromatic N) is 2. The smallest absolute Gasteiger partial charge is 0.269 e. The Morgan fingerprint density at radius 2 is 1.83 bits per heavy atom. The van der Waals surface area contributed by atoms with Crippen LogP contribution in [0.5, 0.6) is 0 Å². The lowest BCUT2D eigenvalue weighted by atomic mass is 10.3. The van der Waals surface area contributed by atoms with E-state index in [0.717, 1.165) is 0 Å². The highest BCUT2D eigenvalue weighted by atomic mass is 16.6. The molecule has 0 saturated carbocycles. The SMILES string of the molecule is NC(=O)c1cccnc1.O=[N+]([O-])c1ccccc1. The molecule has 0 saturated heterocycles. The maximum absolute atomic E-state index is 10.4. The Bertz CT molecular complexity index is 465. The molecule has 18 heavy (non-hydrogen) atoms. The van der Waals surface area contributed by atoms with Crippen LogP contribution in [0.2, 0.25) is 0 Å². The second kappa shape index (κ2) is 6.74. The molecule has 1 heterocycles. The van der Waals surface area contributed by atoms with Crippen LogP contribution in [0.4, 0.5) is 5.69 Å². The lowest BCUT2D eigenvalue weighted by Crippen LogP contribution is -2.10. The van der Waals surface area contributed by atoms with E-state index >= 15 is 0 Å². The Morgan fingerprint density at radius 1 is 1.17 bits per heavy atom. The van der Waals surface area contributed by atoms with E-state index in [1.807, 2.05) is 0 Å². The summed E-state index contributed by atoms with van der Waals surface area (Å²) in [5, 5.41) is 10.0. The number of aromatic nitrogens is 1. The summed E-state index contributed by atoms with van der Waals surface area (Å²) >= 11 is 0. The summed E-state index contributed by atoms with van der Waals surface area (Å²) in [5.41, 5.74) is 5.51. The number of para-hydroxylation sites is 1. The first-order chi connectivity index (χ1) is 8.61. The average molecular weight is 245 g/mol. The Morgan fingerprint density at radius 3 is 2.17 bits per heavy atom. The van der Waals surface area contributed by atoms with E-state index in [1.54, 1.807) is 36.5 Å². The molecule has 0 radical (unpaired) electrons. The van der Waals surface area contributed by atoms with Crippen molar-refractivity contribution in [2.45, 2.75) is 0 Å². The molecule has 0 aliphatic heterocycles. The predicted molar refractivity (Wildman–Crippen MR) is 65.9 cm³/mol. The van der Waals surface area contributed by atoms with Crippen molar-refractivity contribution in [3.63, 3.8) is 0 Å². The number of primary amides is 1. The molecule has 1 aromatic carbocycles. The molecule has 6 nitrogen and oxygen atoms in total. The second-order valence-electron chi connectivity index (χ2n) is 3.20. The molecule has 2 rings (SSSR count). The molecular formula is C12H11N3O3. The number of rotatable bonds is 2. The third-order valence-electron chi connectivity index (χ3n) is 1.91. The molecular weight excluding hydrogens is 234 g/mol. The number of hydrogen-bond acceptors (Lipinski definition) is 4. The summed E-state index contributed by atoms with van der Waals surface area (Å²) in [6.07, 6.45) is 3.02. The third-order valence-corrected chi connectivity index (χ3v) is 1.91. The zero-order chi connectivity index (χ0) is 13.4. The predicted octanol–water partition coefficient (Wildman–Crippen LogP) is 1.78. The fourth-order valence-electron chi connectivity index (χ4n) is 1.06. The average Bonchev–Trinajstić information content (AvgIpc) is 2.41. The number of hydrogen-bond donors (Lipinski definition) is 1. The van der Waals surface area contributed by atoms with Gasteiger partial charge in [0.2, 0.25) is 5.91 Å². The molecule has 0 aliphatic rings. The minimum absolute atomic E-state index is 0.137. The van der Waals surface area contributed by atoms with Crippen LogP contribution in [-0.2, 0) is 0 Å². The molecule has 1 amide bonds. The number of carbonyl (C=O) groups excluding carboxylic acids is 1. The highest BCUT2D eigenvalue weighted by Gasteiger charge is 1.98. The zero-order valence-corrected chi connectivity index (χ0v) is 9.39. The van der Waals surface area contributed by atoms with Crippen LogP contribution in [0, 0.1) is 10.1 Å². The molecule has 2 aromatic rings. The van der Waals surface area contributed by atoms with E-state index in [2.05, 4.69) is 4.98 Å². The Kier molecular flexibility index (Phi) is 4.98. The van der Waals surface area contributed by atoms with Gasteiger partial charge in [0.15, 0.2) is 0 Å². The number of benzene rings is 1. The molecule has 2 N–H and O–H groups in total. The molecule has 92 valence electrons. The van der Waals surface area contributed by atoms with E-state index in [-0.39, 0.29) is 5.69 Å². The molecule has 1 aromatic heterocycles. The van der Waals surface area contributed by atoms with Crippen molar-refractivity contribution in [2.24, 2.45) is 5.73 Å². The maximum atomic E-state index is 10.4. The maximum Gasteiger partial charge on any atom is 0.269 e. The van der Waals surface area contributed by atoms with E-state index in [1.165, 1.54) is 18.3 Å². The monoisotopic (exact) mass is 245 g/mol. The topological polar surface area (TPSA) is 99.1 Å². The van der Waals surface area contributed by atoms with Gasteiger partial charge in [0.05, 0.1) is 10.5 Å². The van der Waals surface area contributed by atoms with Crippen molar-refractivity contribution >= 4 is 11.6 Å². The number of nitro groups is 1. The van der Waals surface area contributed by atoms with Crippen LogP contribution < -0.4 is 5.73 Å². The van der Waals surface area contributed by atoms with Crippen molar-refractivity contribution in [3.05, 3.63) is 70.5 Å². The van der Waals surface area contributed by atoms with Crippen molar-refractivity contribution < 1.29 is 9.72 Å². The van der Waals surface area contributed by atoms with Gasteiger partial charge in [0.1, 0.15) is 0 Å². The number of nitro benzene ring substituents is 1. The van der Waals surface area contributed by atoms with Gasteiger partial charge in [0, 0.05) is 24.5 Å². The first kappa shape index (κ1) is 13.3. The minimum atomic E-state index is -0.442. The van der Waals surface area contributed by atoms with Crippen molar-refractivity contribution in [3.8, 4) is 0 Å². The van der Waals surface area contributed by atoms with Crippen LogP contribution in [0.3, 0.4) is 0 Å². The normalized spacial score (nSPS) is 8.89. The summed E-state index contributed by atoms with van der Waals surface area (Å²) in [5.74, 6) is -0.442. The van der Waals surface area contributed by atoms with Crippen molar-refractivity contribution in [1.29, 1.82) is 0 Å². The first-order valence-electron chi connectivity index (χ1n) is 5.00. The van der Waals surface area contributed by atoms with Gasteiger partial charge in [-0.25, -0.2) is 0 Å². The van der Waals surface area contributed by atoms with Gasteiger partial charge in [-0.3, -0.25) is 19.9 Å². The van der Waals surface area contributed by atoms with Gasteiger partial charge in [-0.2, -0.15) is 0 Å². The molecule has 0 bridgehead atoms. The van der Waals surface area contributed by atoms with Gasteiger partial charge < -0.3 is 5.73 Å². The lowest BCUT2D eigenvalue weighted by Gasteiger charge is -1.88. The molecule has 0 atom stereocenters. The second-order valence-corrected chi connectivity index (χ2v) is 3.20.